The van der Waals surface area contributed by atoms with E-state index in [1.807, 2.05) is 39.0 Å². The molecule has 0 spiro atoms. The Morgan fingerprint density at radius 1 is 1.05 bits per heavy atom. The number of hydrogen-bond donors (Lipinski definition) is 2. The molecule has 1 amide bonds. The molecular weight excluding hydrogens is 279 g/mol. The average Bonchev–Trinajstić information content (AvgIpc) is 2.79. The number of aromatic amines is 1. The van der Waals surface area contributed by atoms with Crippen LogP contribution in [0.15, 0.2) is 36.4 Å². The van der Waals surface area contributed by atoms with Crippen molar-refractivity contribution >= 4 is 22.5 Å². The van der Waals surface area contributed by atoms with Crippen molar-refractivity contribution in [3.8, 4) is 0 Å². The Kier molecular flexibility index (Phi) is 3.45. The summed E-state index contributed by atoms with van der Waals surface area (Å²) in [6, 6.07) is 10.3. The lowest BCUT2D eigenvalue weighted by Crippen LogP contribution is -2.13. The van der Waals surface area contributed by atoms with Crippen molar-refractivity contribution in [3.05, 3.63) is 64.6 Å². The number of aromatic nitrogens is 1. The van der Waals surface area contributed by atoms with E-state index in [1.54, 1.807) is 6.07 Å². The van der Waals surface area contributed by atoms with E-state index in [-0.39, 0.29) is 11.7 Å². The number of fused-ring (bicyclic) bond motifs is 1. The highest BCUT2D eigenvalue weighted by molar-refractivity contribution is 6.07. The molecule has 0 atom stereocenters. The smallest absolute Gasteiger partial charge is 0.272 e. The second kappa shape index (κ2) is 5.30. The second-order valence-electron chi connectivity index (χ2n) is 5.57. The number of carbonyl (C=O) groups is 1. The van der Waals surface area contributed by atoms with Crippen LogP contribution in [0.25, 0.3) is 10.9 Å². The third-order valence-electron chi connectivity index (χ3n) is 4.01. The van der Waals surface area contributed by atoms with Crippen LogP contribution in [0.3, 0.4) is 0 Å². The van der Waals surface area contributed by atoms with Gasteiger partial charge < -0.3 is 10.3 Å². The summed E-state index contributed by atoms with van der Waals surface area (Å²) in [5.74, 6) is -0.549. The highest BCUT2D eigenvalue weighted by atomic mass is 19.1. The molecule has 0 fully saturated rings. The maximum Gasteiger partial charge on any atom is 0.272 e. The molecule has 0 radical (unpaired) electrons. The van der Waals surface area contributed by atoms with Gasteiger partial charge >= 0.3 is 0 Å². The molecular formula is C18H17FN2O. The number of benzene rings is 2. The first-order valence-electron chi connectivity index (χ1n) is 7.12. The fourth-order valence-electron chi connectivity index (χ4n) is 2.55. The van der Waals surface area contributed by atoms with Crippen LogP contribution in [-0.4, -0.2) is 10.9 Å². The Hall–Kier alpha value is -2.62. The fraction of sp³-hybridized carbons (Fsp3) is 0.167. The van der Waals surface area contributed by atoms with Gasteiger partial charge in [0.15, 0.2) is 0 Å². The highest BCUT2D eigenvalue weighted by Gasteiger charge is 2.15. The molecule has 0 bridgehead atoms. The number of rotatable bonds is 2. The van der Waals surface area contributed by atoms with Crippen molar-refractivity contribution in [2.24, 2.45) is 0 Å². The van der Waals surface area contributed by atoms with E-state index in [0.717, 1.165) is 22.2 Å². The SMILES string of the molecule is Cc1ccc(NC(=O)c2[nH]c3cc(F)ccc3c2C)cc1C. The van der Waals surface area contributed by atoms with Crippen molar-refractivity contribution in [3.63, 3.8) is 0 Å². The van der Waals surface area contributed by atoms with E-state index in [2.05, 4.69) is 10.3 Å². The normalized spacial score (nSPS) is 10.9. The van der Waals surface area contributed by atoms with E-state index in [4.69, 9.17) is 0 Å². The molecule has 0 saturated carbocycles. The average molecular weight is 296 g/mol. The van der Waals surface area contributed by atoms with Crippen LogP contribution >= 0.6 is 0 Å². The molecule has 22 heavy (non-hydrogen) atoms. The van der Waals surface area contributed by atoms with E-state index in [0.29, 0.717) is 11.2 Å². The Bertz CT molecular complexity index is 880. The summed E-state index contributed by atoms with van der Waals surface area (Å²) in [7, 11) is 0. The van der Waals surface area contributed by atoms with Crippen molar-refractivity contribution in [1.82, 2.24) is 4.98 Å². The molecule has 2 N–H and O–H groups in total. The zero-order chi connectivity index (χ0) is 15.9. The number of halogens is 1. The highest BCUT2D eigenvalue weighted by Crippen LogP contribution is 2.23. The number of nitrogens with one attached hydrogen (secondary N) is 2. The first kappa shape index (κ1) is 14.3. The second-order valence-corrected chi connectivity index (χ2v) is 5.57. The molecule has 0 saturated heterocycles. The number of H-pyrrole nitrogens is 1. The maximum atomic E-state index is 13.3. The van der Waals surface area contributed by atoms with Gasteiger partial charge in [-0.1, -0.05) is 6.07 Å². The molecule has 0 aliphatic rings. The van der Waals surface area contributed by atoms with Crippen LogP contribution in [-0.2, 0) is 0 Å². The van der Waals surface area contributed by atoms with Crippen LogP contribution in [0.5, 0.6) is 0 Å². The predicted molar refractivity (Wildman–Crippen MR) is 86.9 cm³/mol. The largest absolute Gasteiger partial charge is 0.350 e. The Labute approximate surface area is 128 Å². The molecule has 0 unspecified atom stereocenters. The van der Waals surface area contributed by atoms with Crippen LogP contribution in [0.2, 0.25) is 0 Å². The summed E-state index contributed by atoms with van der Waals surface area (Å²) in [6.45, 7) is 5.88. The van der Waals surface area contributed by atoms with Gasteiger partial charge in [0.2, 0.25) is 0 Å². The van der Waals surface area contributed by atoms with Gasteiger partial charge in [-0.15, -0.1) is 0 Å². The van der Waals surface area contributed by atoms with E-state index < -0.39 is 0 Å². The van der Waals surface area contributed by atoms with Gasteiger partial charge in [0, 0.05) is 16.6 Å². The lowest BCUT2D eigenvalue weighted by atomic mass is 10.1. The van der Waals surface area contributed by atoms with E-state index in [1.165, 1.54) is 17.7 Å². The zero-order valence-electron chi connectivity index (χ0n) is 12.8. The lowest BCUT2D eigenvalue weighted by molar-refractivity contribution is 0.102. The Balaban J connectivity index is 1.94. The summed E-state index contributed by atoms with van der Waals surface area (Å²) in [5.41, 5.74) is 4.94. The maximum absolute atomic E-state index is 13.3. The number of hydrogen-bond acceptors (Lipinski definition) is 1. The standard InChI is InChI=1S/C18H17FN2O/c1-10-4-6-14(8-11(10)2)20-18(22)17-12(3)15-7-5-13(19)9-16(15)21-17/h4-9,21H,1-3H3,(H,20,22). The van der Waals surface area contributed by atoms with E-state index in [9.17, 15) is 9.18 Å². The van der Waals surface area contributed by atoms with Crippen LogP contribution in [0.4, 0.5) is 10.1 Å². The number of carbonyl (C=O) groups excluding carboxylic acids is 1. The molecule has 0 aliphatic carbocycles. The lowest BCUT2D eigenvalue weighted by Gasteiger charge is -2.07. The summed E-state index contributed by atoms with van der Waals surface area (Å²) in [5, 5.41) is 3.73. The van der Waals surface area contributed by atoms with Crippen LogP contribution in [0.1, 0.15) is 27.2 Å². The van der Waals surface area contributed by atoms with Gasteiger partial charge in [-0.05, 0) is 67.8 Å². The third kappa shape index (κ3) is 2.48. The van der Waals surface area contributed by atoms with Crippen LogP contribution < -0.4 is 5.32 Å². The third-order valence-corrected chi connectivity index (χ3v) is 4.01. The minimum Gasteiger partial charge on any atom is -0.350 e. The number of anilines is 1. The number of aryl methyl sites for hydroxylation is 3. The summed E-state index contributed by atoms with van der Waals surface area (Å²) >= 11 is 0. The van der Waals surface area contributed by atoms with Gasteiger partial charge in [-0.3, -0.25) is 4.79 Å². The Morgan fingerprint density at radius 3 is 2.55 bits per heavy atom. The Morgan fingerprint density at radius 2 is 1.82 bits per heavy atom. The van der Waals surface area contributed by atoms with Gasteiger partial charge in [0.25, 0.3) is 5.91 Å². The minimum atomic E-state index is -0.324. The molecule has 4 heteroatoms. The van der Waals surface area contributed by atoms with Crippen molar-refractivity contribution in [2.75, 3.05) is 5.32 Å². The molecule has 3 nitrogen and oxygen atoms in total. The van der Waals surface area contributed by atoms with Gasteiger partial charge in [0.05, 0.1) is 0 Å². The summed E-state index contributed by atoms with van der Waals surface area (Å²) < 4.78 is 13.3. The van der Waals surface area contributed by atoms with Crippen molar-refractivity contribution in [1.29, 1.82) is 0 Å². The molecule has 3 aromatic rings. The molecule has 1 aromatic heterocycles. The summed E-state index contributed by atoms with van der Waals surface area (Å²) in [4.78, 5) is 15.4. The molecule has 0 aliphatic heterocycles. The first-order valence-corrected chi connectivity index (χ1v) is 7.12. The number of amides is 1. The van der Waals surface area contributed by atoms with E-state index >= 15 is 0 Å². The first-order chi connectivity index (χ1) is 10.5. The quantitative estimate of drug-likeness (QED) is 0.719. The minimum absolute atomic E-state index is 0.225. The molecule has 1 heterocycles. The molecule has 2 aromatic carbocycles. The van der Waals surface area contributed by atoms with Crippen LogP contribution in [0, 0.1) is 26.6 Å². The molecule has 3 rings (SSSR count). The monoisotopic (exact) mass is 296 g/mol. The van der Waals surface area contributed by atoms with Gasteiger partial charge in [0.1, 0.15) is 11.5 Å². The van der Waals surface area contributed by atoms with Gasteiger partial charge in [-0.25, -0.2) is 4.39 Å². The van der Waals surface area contributed by atoms with Crippen molar-refractivity contribution < 1.29 is 9.18 Å². The van der Waals surface area contributed by atoms with Crippen molar-refractivity contribution in [2.45, 2.75) is 20.8 Å². The van der Waals surface area contributed by atoms with Gasteiger partial charge in [-0.2, -0.15) is 0 Å². The zero-order valence-corrected chi connectivity index (χ0v) is 12.8. The molecule has 112 valence electrons. The predicted octanol–water partition coefficient (Wildman–Crippen LogP) is 4.48. The topological polar surface area (TPSA) is 44.9 Å². The fourth-order valence-corrected chi connectivity index (χ4v) is 2.55. The summed E-state index contributed by atoms with van der Waals surface area (Å²) in [6.07, 6.45) is 0.